The summed E-state index contributed by atoms with van der Waals surface area (Å²) < 4.78 is 6.80. The average molecular weight is 396 g/mol. The number of hydrogen-bond acceptors (Lipinski definition) is 5. The van der Waals surface area contributed by atoms with E-state index in [0.29, 0.717) is 23.7 Å². The summed E-state index contributed by atoms with van der Waals surface area (Å²) in [4.78, 5) is 25.1. The molecule has 0 aliphatic carbocycles. The molecule has 0 fully saturated rings. The van der Waals surface area contributed by atoms with Crippen LogP contribution in [0.2, 0.25) is 0 Å². The first kappa shape index (κ1) is 18.4. The molecule has 0 saturated heterocycles. The number of thioether (sulfide) groups is 1. The molecule has 2 N–H and O–H groups in total. The Balaban J connectivity index is 1.51. The fourth-order valence-corrected chi connectivity index (χ4v) is 4.15. The van der Waals surface area contributed by atoms with Gasteiger partial charge in [0.25, 0.3) is 5.91 Å². The molecule has 1 aromatic carbocycles. The van der Waals surface area contributed by atoms with Crippen LogP contribution in [-0.2, 0) is 29.4 Å². The Morgan fingerprint density at radius 2 is 2.07 bits per heavy atom. The van der Waals surface area contributed by atoms with Gasteiger partial charge in [-0.2, -0.15) is 16.9 Å². The summed E-state index contributed by atoms with van der Waals surface area (Å²) in [5.41, 5.74) is 3.42. The van der Waals surface area contributed by atoms with Crippen LogP contribution in [0.5, 0.6) is 0 Å². The normalized spacial score (nSPS) is 12.6. The van der Waals surface area contributed by atoms with Crippen LogP contribution in [0.25, 0.3) is 0 Å². The maximum absolute atomic E-state index is 12.8. The van der Waals surface area contributed by atoms with Crippen LogP contribution in [0.15, 0.2) is 47.1 Å². The van der Waals surface area contributed by atoms with Crippen LogP contribution in [0, 0.1) is 6.92 Å². The van der Waals surface area contributed by atoms with Crippen LogP contribution in [0.1, 0.15) is 32.9 Å². The lowest BCUT2D eigenvalue weighted by Gasteiger charge is -2.12. The Labute approximate surface area is 166 Å². The lowest BCUT2D eigenvalue weighted by Crippen LogP contribution is -2.28. The van der Waals surface area contributed by atoms with E-state index in [1.807, 2.05) is 25.1 Å². The van der Waals surface area contributed by atoms with E-state index >= 15 is 0 Å². The Kier molecular flexibility index (Phi) is 5.21. The van der Waals surface area contributed by atoms with E-state index in [4.69, 9.17) is 4.42 Å². The number of furan rings is 1. The average Bonchev–Trinajstić information content (AvgIpc) is 3.40. The van der Waals surface area contributed by atoms with Gasteiger partial charge < -0.3 is 15.1 Å². The number of nitrogens with zero attached hydrogens (tertiary/aromatic N) is 2. The third kappa shape index (κ3) is 3.82. The van der Waals surface area contributed by atoms with Gasteiger partial charge >= 0.3 is 0 Å². The molecule has 2 aromatic heterocycles. The van der Waals surface area contributed by atoms with Crippen LogP contribution in [0.3, 0.4) is 0 Å². The third-order valence-electron chi connectivity index (χ3n) is 4.57. The Bertz CT molecular complexity index is 1010. The van der Waals surface area contributed by atoms with Gasteiger partial charge in [0.2, 0.25) is 5.91 Å². The van der Waals surface area contributed by atoms with Crippen molar-refractivity contribution in [3.8, 4) is 0 Å². The van der Waals surface area contributed by atoms with Gasteiger partial charge in [-0.15, -0.1) is 0 Å². The van der Waals surface area contributed by atoms with E-state index in [0.717, 1.165) is 28.3 Å². The minimum atomic E-state index is -0.199. The topological polar surface area (TPSA) is 89.2 Å². The molecule has 4 rings (SSSR count). The zero-order chi connectivity index (χ0) is 19.5. The minimum absolute atomic E-state index is 0.0295. The summed E-state index contributed by atoms with van der Waals surface area (Å²) in [5, 5.41) is 10.3. The van der Waals surface area contributed by atoms with Crippen LogP contribution < -0.4 is 10.6 Å². The molecular formula is C20H20N4O3S. The number of anilines is 1. The lowest BCUT2D eigenvalue weighted by molar-refractivity contribution is -0.122. The third-order valence-corrected chi connectivity index (χ3v) is 5.54. The van der Waals surface area contributed by atoms with E-state index in [-0.39, 0.29) is 18.4 Å². The number of benzene rings is 1. The van der Waals surface area contributed by atoms with Crippen molar-refractivity contribution in [1.29, 1.82) is 0 Å². The van der Waals surface area contributed by atoms with Crippen LogP contribution in [0.4, 0.5) is 5.82 Å². The highest BCUT2D eigenvalue weighted by molar-refractivity contribution is 7.98. The summed E-state index contributed by atoms with van der Waals surface area (Å²) in [6.07, 6.45) is 1.57. The first-order valence-electron chi connectivity index (χ1n) is 8.94. The monoisotopic (exact) mass is 396 g/mol. The first-order chi connectivity index (χ1) is 13.6. The van der Waals surface area contributed by atoms with Crippen molar-refractivity contribution >= 4 is 29.4 Å². The molecule has 0 atom stereocenters. The molecule has 0 saturated carbocycles. The van der Waals surface area contributed by atoms with Crippen molar-refractivity contribution in [3.63, 3.8) is 0 Å². The number of aromatic nitrogens is 2. The zero-order valence-electron chi connectivity index (χ0n) is 15.4. The highest BCUT2D eigenvalue weighted by atomic mass is 32.2. The summed E-state index contributed by atoms with van der Waals surface area (Å²) in [6, 6.07) is 11.0. The van der Waals surface area contributed by atoms with Gasteiger partial charge in [0.05, 0.1) is 18.5 Å². The standard InChI is InChI=1S/C20H20N4O3S/c1-13-5-2-3-7-15(13)20(26)22-19-16-11-28-12-17(16)23-24(19)10-18(25)21-9-14-6-4-8-27-14/h2-8H,9-12H2,1H3,(H,21,25)(H,22,26). The van der Waals surface area contributed by atoms with Crippen molar-refractivity contribution < 1.29 is 14.0 Å². The van der Waals surface area contributed by atoms with Gasteiger partial charge in [0.15, 0.2) is 0 Å². The van der Waals surface area contributed by atoms with E-state index in [1.54, 1.807) is 40.9 Å². The van der Waals surface area contributed by atoms with Crippen molar-refractivity contribution in [2.75, 3.05) is 5.32 Å². The summed E-state index contributed by atoms with van der Waals surface area (Å²) in [7, 11) is 0. The van der Waals surface area contributed by atoms with Crippen LogP contribution in [-0.4, -0.2) is 21.6 Å². The molecule has 28 heavy (non-hydrogen) atoms. The largest absolute Gasteiger partial charge is 0.467 e. The number of carbonyl (C=O) groups is 2. The maximum Gasteiger partial charge on any atom is 0.257 e. The smallest absolute Gasteiger partial charge is 0.257 e. The van der Waals surface area contributed by atoms with Crippen molar-refractivity contribution in [1.82, 2.24) is 15.1 Å². The predicted molar refractivity (Wildman–Crippen MR) is 107 cm³/mol. The Morgan fingerprint density at radius 3 is 2.86 bits per heavy atom. The Morgan fingerprint density at radius 1 is 1.21 bits per heavy atom. The van der Waals surface area contributed by atoms with E-state index in [2.05, 4.69) is 15.7 Å². The van der Waals surface area contributed by atoms with E-state index in [9.17, 15) is 9.59 Å². The number of hydrogen-bond donors (Lipinski definition) is 2. The molecule has 7 nitrogen and oxygen atoms in total. The zero-order valence-corrected chi connectivity index (χ0v) is 16.2. The summed E-state index contributed by atoms with van der Waals surface area (Å²) in [6.45, 7) is 2.24. The second-order valence-electron chi connectivity index (χ2n) is 6.55. The number of carbonyl (C=O) groups excluding carboxylic acids is 2. The van der Waals surface area contributed by atoms with E-state index in [1.165, 1.54) is 0 Å². The minimum Gasteiger partial charge on any atom is -0.467 e. The SMILES string of the molecule is Cc1ccccc1C(=O)Nc1c2c(nn1CC(=O)NCc1ccco1)CSC2. The number of amides is 2. The van der Waals surface area contributed by atoms with Gasteiger partial charge in [0, 0.05) is 22.6 Å². The quantitative estimate of drug-likeness (QED) is 0.668. The predicted octanol–water partition coefficient (Wildman–Crippen LogP) is 3.10. The fourth-order valence-electron chi connectivity index (χ4n) is 3.11. The molecule has 1 aliphatic rings. The number of aryl methyl sites for hydroxylation is 1. The van der Waals surface area contributed by atoms with Crippen molar-refractivity contribution in [3.05, 3.63) is 70.8 Å². The molecule has 8 heteroatoms. The van der Waals surface area contributed by atoms with Gasteiger partial charge in [-0.25, -0.2) is 4.68 Å². The molecule has 0 bridgehead atoms. The van der Waals surface area contributed by atoms with Crippen molar-refractivity contribution in [2.24, 2.45) is 0 Å². The molecule has 0 unspecified atom stereocenters. The molecule has 144 valence electrons. The van der Waals surface area contributed by atoms with Crippen molar-refractivity contribution in [2.45, 2.75) is 31.5 Å². The highest BCUT2D eigenvalue weighted by Crippen LogP contribution is 2.35. The first-order valence-corrected chi connectivity index (χ1v) is 10.1. The second kappa shape index (κ2) is 7.93. The molecular weight excluding hydrogens is 376 g/mol. The van der Waals surface area contributed by atoms with Gasteiger partial charge in [-0.3, -0.25) is 9.59 Å². The molecule has 3 aromatic rings. The lowest BCUT2D eigenvalue weighted by atomic mass is 10.1. The van der Waals surface area contributed by atoms with Gasteiger partial charge in [-0.05, 0) is 30.7 Å². The molecule has 0 spiro atoms. The highest BCUT2D eigenvalue weighted by Gasteiger charge is 2.25. The number of nitrogens with one attached hydrogen (secondary N) is 2. The van der Waals surface area contributed by atoms with E-state index < -0.39 is 0 Å². The van der Waals surface area contributed by atoms with Gasteiger partial charge in [-0.1, -0.05) is 18.2 Å². The number of rotatable bonds is 6. The van der Waals surface area contributed by atoms with Crippen LogP contribution >= 0.6 is 11.8 Å². The fraction of sp³-hybridized carbons (Fsp3) is 0.250. The van der Waals surface area contributed by atoms with Gasteiger partial charge in [0.1, 0.15) is 18.1 Å². The Hall–Kier alpha value is -3.00. The molecule has 2 amide bonds. The summed E-state index contributed by atoms with van der Waals surface area (Å²) >= 11 is 1.75. The maximum atomic E-state index is 12.8. The molecule has 3 heterocycles. The number of fused-ring (bicyclic) bond motifs is 1. The second-order valence-corrected chi connectivity index (χ2v) is 7.54. The summed E-state index contributed by atoms with van der Waals surface area (Å²) in [5.74, 6) is 2.44. The molecule has 0 radical (unpaired) electrons. The molecule has 1 aliphatic heterocycles.